The molecule has 0 fully saturated rings. The van der Waals surface area contributed by atoms with Crippen molar-refractivity contribution in [1.82, 2.24) is 0 Å². The summed E-state index contributed by atoms with van der Waals surface area (Å²) in [5, 5.41) is 0. The Morgan fingerprint density at radius 3 is 2.38 bits per heavy atom. The molecule has 0 radical (unpaired) electrons. The molecule has 0 saturated carbocycles. The number of esters is 1. The minimum Gasteiger partial charge on any atom is -0.497 e. The van der Waals surface area contributed by atoms with Gasteiger partial charge in [-0.15, -0.1) is 0 Å². The highest BCUT2D eigenvalue weighted by atomic mass is 79.9. The van der Waals surface area contributed by atoms with Crippen molar-refractivity contribution in [3.8, 4) is 11.5 Å². The lowest BCUT2D eigenvalue weighted by Crippen LogP contribution is -2.07. The molecule has 0 spiro atoms. The largest absolute Gasteiger partial charge is 0.497 e. The molecule has 0 amide bonds. The van der Waals surface area contributed by atoms with E-state index in [1.165, 1.54) is 7.11 Å². The predicted molar refractivity (Wildman–Crippen MR) is 82.8 cm³/mol. The van der Waals surface area contributed by atoms with E-state index in [4.69, 9.17) is 14.2 Å². The van der Waals surface area contributed by atoms with E-state index in [0.29, 0.717) is 17.1 Å². The third-order valence-electron chi connectivity index (χ3n) is 2.91. The van der Waals surface area contributed by atoms with Crippen LogP contribution in [-0.4, -0.2) is 20.2 Å². The number of rotatable bonds is 5. The first-order valence-corrected chi connectivity index (χ1v) is 7.07. The van der Waals surface area contributed by atoms with Gasteiger partial charge in [0.15, 0.2) is 0 Å². The highest BCUT2D eigenvalue weighted by Crippen LogP contribution is 2.25. The Hall–Kier alpha value is -2.01. The van der Waals surface area contributed by atoms with Crippen LogP contribution in [0.5, 0.6) is 11.5 Å². The van der Waals surface area contributed by atoms with Gasteiger partial charge in [0.25, 0.3) is 0 Å². The molecular weight excluding hydrogens is 336 g/mol. The Labute approximate surface area is 131 Å². The zero-order valence-electron chi connectivity index (χ0n) is 11.8. The third kappa shape index (κ3) is 3.98. The van der Waals surface area contributed by atoms with Gasteiger partial charge in [-0.3, -0.25) is 0 Å². The van der Waals surface area contributed by atoms with E-state index in [-0.39, 0.29) is 6.61 Å². The average Bonchev–Trinajstić information content (AvgIpc) is 2.53. The van der Waals surface area contributed by atoms with Crippen LogP contribution in [-0.2, 0) is 11.3 Å². The smallest absolute Gasteiger partial charge is 0.342 e. The number of benzene rings is 2. The van der Waals surface area contributed by atoms with Crippen LogP contribution in [0.2, 0.25) is 0 Å². The number of carbonyl (C=O) groups is 1. The molecule has 2 rings (SSSR count). The van der Waals surface area contributed by atoms with Gasteiger partial charge in [0.1, 0.15) is 23.7 Å². The number of carbonyl (C=O) groups excluding carboxylic acids is 1. The summed E-state index contributed by atoms with van der Waals surface area (Å²) in [6.07, 6.45) is 0. The first-order valence-electron chi connectivity index (χ1n) is 6.27. The molecule has 2 aromatic rings. The molecule has 5 heteroatoms. The minimum absolute atomic E-state index is 0.201. The van der Waals surface area contributed by atoms with E-state index < -0.39 is 5.97 Å². The lowest BCUT2D eigenvalue weighted by Gasteiger charge is -2.10. The van der Waals surface area contributed by atoms with Crippen LogP contribution in [0, 0.1) is 0 Å². The zero-order valence-corrected chi connectivity index (χ0v) is 13.3. The molecule has 0 heterocycles. The SMILES string of the molecule is COc1ccc(OC)c(C(=O)OCc2ccc(Br)cc2)c1. The number of hydrogen-bond donors (Lipinski definition) is 0. The van der Waals surface area contributed by atoms with Gasteiger partial charge < -0.3 is 14.2 Å². The number of hydrogen-bond acceptors (Lipinski definition) is 4. The summed E-state index contributed by atoms with van der Waals surface area (Å²) in [5.74, 6) is 0.580. The van der Waals surface area contributed by atoms with Gasteiger partial charge in [-0.1, -0.05) is 28.1 Å². The standard InChI is InChI=1S/C16H15BrO4/c1-19-13-7-8-15(20-2)14(9-13)16(18)21-10-11-3-5-12(17)6-4-11/h3-9H,10H2,1-2H3. The van der Waals surface area contributed by atoms with Crippen LogP contribution in [0.4, 0.5) is 0 Å². The molecule has 0 aromatic heterocycles. The van der Waals surface area contributed by atoms with Crippen molar-refractivity contribution in [2.24, 2.45) is 0 Å². The van der Waals surface area contributed by atoms with Crippen molar-refractivity contribution in [2.75, 3.05) is 14.2 Å². The van der Waals surface area contributed by atoms with Crippen molar-refractivity contribution in [3.63, 3.8) is 0 Å². The fourth-order valence-electron chi connectivity index (χ4n) is 1.78. The monoisotopic (exact) mass is 350 g/mol. The van der Waals surface area contributed by atoms with Crippen LogP contribution >= 0.6 is 15.9 Å². The van der Waals surface area contributed by atoms with Crippen LogP contribution in [0.1, 0.15) is 15.9 Å². The van der Waals surface area contributed by atoms with E-state index in [9.17, 15) is 4.79 Å². The van der Waals surface area contributed by atoms with E-state index in [1.807, 2.05) is 24.3 Å². The third-order valence-corrected chi connectivity index (χ3v) is 3.44. The summed E-state index contributed by atoms with van der Waals surface area (Å²) in [6.45, 7) is 0.201. The topological polar surface area (TPSA) is 44.8 Å². The van der Waals surface area contributed by atoms with Gasteiger partial charge in [0.2, 0.25) is 0 Å². The van der Waals surface area contributed by atoms with Gasteiger partial charge in [-0.2, -0.15) is 0 Å². The van der Waals surface area contributed by atoms with Gasteiger partial charge in [-0.05, 0) is 35.9 Å². The van der Waals surface area contributed by atoms with E-state index in [1.54, 1.807) is 25.3 Å². The Bertz CT molecular complexity index is 623. The maximum atomic E-state index is 12.2. The van der Waals surface area contributed by atoms with Crippen molar-refractivity contribution in [2.45, 2.75) is 6.61 Å². The molecule has 110 valence electrons. The quantitative estimate of drug-likeness (QED) is 0.769. The lowest BCUT2D eigenvalue weighted by atomic mass is 10.2. The number of halogens is 1. The summed E-state index contributed by atoms with van der Waals surface area (Å²) < 4.78 is 16.6. The Morgan fingerprint density at radius 2 is 1.76 bits per heavy atom. The number of methoxy groups -OCH3 is 2. The Morgan fingerprint density at radius 1 is 1.05 bits per heavy atom. The van der Waals surface area contributed by atoms with Crippen molar-refractivity contribution < 1.29 is 19.0 Å². The van der Waals surface area contributed by atoms with Crippen LogP contribution in [0.15, 0.2) is 46.9 Å². The fourth-order valence-corrected chi connectivity index (χ4v) is 2.05. The van der Waals surface area contributed by atoms with Crippen molar-refractivity contribution in [3.05, 3.63) is 58.1 Å². The van der Waals surface area contributed by atoms with Crippen molar-refractivity contribution >= 4 is 21.9 Å². The maximum Gasteiger partial charge on any atom is 0.342 e. The van der Waals surface area contributed by atoms with E-state index >= 15 is 0 Å². The summed E-state index contributed by atoms with van der Waals surface area (Å²) in [4.78, 5) is 12.2. The Balaban J connectivity index is 2.10. The highest BCUT2D eigenvalue weighted by molar-refractivity contribution is 9.10. The normalized spacial score (nSPS) is 10.0. The molecular formula is C16H15BrO4. The first-order chi connectivity index (χ1) is 10.1. The highest BCUT2D eigenvalue weighted by Gasteiger charge is 2.15. The maximum absolute atomic E-state index is 12.2. The molecule has 0 aliphatic carbocycles. The molecule has 0 aliphatic rings. The summed E-state index contributed by atoms with van der Waals surface area (Å²) in [6, 6.07) is 12.6. The molecule has 21 heavy (non-hydrogen) atoms. The molecule has 0 unspecified atom stereocenters. The fraction of sp³-hybridized carbons (Fsp3) is 0.188. The minimum atomic E-state index is -0.450. The molecule has 0 N–H and O–H groups in total. The molecule has 0 atom stereocenters. The Kier molecular flexibility index (Phi) is 5.22. The molecule has 0 aliphatic heterocycles. The van der Waals surface area contributed by atoms with Gasteiger partial charge >= 0.3 is 5.97 Å². The van der Waals surface area contributed by atoms with Crippen LogP contribution in [0.3, 0.4) is 0 Å². The number of ether oxygens (including phenoxy) is 3. The van der Waals surface area contributed by atoms with Crippen LogP contribution < -0.4 is 9.47 Å². The second-order valence-electron chi connectivity index (χ2n) is 4.27. The van der Waals surface area contributed by atoms with Gasteiger partial charge in [-0.25, -0.2) is 4.79 Å². The van der Waals surface area contributed by atoms with E-state index in [2.05, 4.69) is 15.9 Å². The summed E-state index contributed by atoms with van der Waals surface area (Å²) >= 11 is 3.36. The van der Waals surface area contributed by atoms with E-state index in [0.717, 1.165) is 10.0 Å². The summed E-state index contributed by atoms with van der Waals surface area (Å²) in [5.41, 5.74) is 1.25. The second kappa shape index (κ2) is 7.13. The van der Waals surface area contributed by atoms with Crippen LogP contribution in [0.25, 0.3) is 0 Å². The molecule has 0 saturated heterocycles. The average molecular weight is 351 g/mol. The molecule has 0 bridgehead atoms. The lowest BCUT2D eigenvalue weighted by molar-refractivity contribution is 0.0468. The molecule has 4 nitrogen and oxygen atoms in total. The molecule has 2 aromatic carbocycles. The summed E-state index contributed by atoms with van der Waals surface area (Å²) in [7, 11) is 3.05. The second-order valence-corrected chi connectivity index (χ2v) is 5.18. The van der Waals surface area contributed by atoms with Gasteiger partial charge in [0.05, 0.1) is 14.2 Å². The zero-order chi connectivity index (χ0) is 15.2. The van der Waals surface area contributed by atoms with Crippen molar-refractivity contribution in [1.29, 1.82) is 0 Å². The predicted octanol–water partition coefficient (Wildman–Crippen LogP) is 3.82. The van der Waals surface area contributed by atoms with Gasteiger partial charge in [0, 0.05) is 4.47 Å². The first kappa shape index (κ1) is 15.4.